The van der Waals surface area contributed by atoms with Crippen molar-refractivity contribution >= 4 is 55.0 Å². The van der Waals surface area contributed by atoms with Gasteiger partial charge in [0.05, 0.1) is 58.0 Å². The van der Waals surface area contributed by atoms with Gasteiger partial charge < -0.3 is 9.13 Å². The lowest BCUT2D eigenvalue weighted by atomic mass is 9.97. The molecule has 0 radical (unpaired) electrons. The molecule has 0 amide bonds. The number of hydrogen-bond acceptors (Lipinski definition) is 2. The van der Waals surface area contributed by atoms with Crippen molar-refractivity contribution < 1.29 is 0 Å². The zero-order chi connectivity index (χ0) is 44.1. The molecule has 66 heavy (non-hydrogen) atoms. The van der Waals surface area contributed by atoms with Crippen LogP contribution in [-0.4, -0.2) is 19.1 Å². The molecule has 3 aromatic heterocycles. The van der Waals surface area contributed by atoms with Crippen LogP contribution in [0.5, 0.6) is 0 Å². The Morgan fingerprint density at radius 2 is 0.848 bits per heavy atom. The molecule has 0 N–H and O–H groups in total. The van der Waals surface area contributed by atoms with Gasteiger partial charge in [-0.1, -0.05) is 170 Å². The summed E-state index contributed by atoms with van der Waals surface area (Å²) >= 11 is 0. The molecule has 9 aromatic carbocycles. The third-order valence-electron chi connectivity index (χ3n) is 12.6. The van der Waals surface area contributed by atoms with E-state index in [0.29, 0.717) is 17.2 Å². The zero-order valence-electron chi connectivity index (χ0n) is 35.5. The molecule has 0 unspecified atom stereocenters. The fourth-order valence-corrected chi connectivity index (χ4v) is 9.58. The van der Waals surface area contributed by atoms with Crippen molar-refractivity contribution in [2.75, 3.05) is 0 Å². The fraction of sp³-hybridized carbons (Fsp3) is 0. The Kier molecular flexibility index (Phi) is 9.16. The van der Waals surface area contributed by atoms with E-state index in [1.807, 2.05) is 42.5 Å². The highest BCUT2D eigenvalue weighted by atomic mass is 15.0. The van der Waals surface area contributed by atoms with Crippen molar-refractivity contribution in [1.29, 1.82) is 0 Å². The van der Waals surface area contributed by atoms with Crippen LogP contribution in [0.4, 0.5) is 11.4 Å². The fourth-order valence-electron chi connectivity index (χ4n) is 9.58. The molecule has 3 heterocycles. The van der Waals surface area contributed by atoms with E-state index in [9.17, 15) is 0 Å². The second-order valence-corrected chi connectivity index (χ2v) is 16.3. The van der Waals surface area contributed by atoms with E-state index < -0.39 is 0 Å². The van der Waals surface area contributed by atoms with E-state index in [4.69, 9.17) is 23.1 Å². The standard InChI is InChI=1S/C60H36N6/c1-61-43-31-33-44(53(37-43)62-2)41-30-34-58-50(35-41)48-24-12-16-28-57(48)66(58)59-36-42(52-38-51(39-17-5-3-6-18-39)63-60(64-52)40-19-7-4-8-20-40)29-32-49(59)47-23-11-15-27-56(47)65-54-25-13-9-21-45(54)46-22-10-14-26-55(46)65/h3-38H. The average Bonchev–Trinajstić information content (AvgIpc) is 3.91. The largest absolute Gasteiger partial charge is 0.309 e. The summed E-state index contributed by atoms with van der Waals surface area (Å²) in [5, 5.41) is 4.55. The Morgan fingerprint density at radius 3 is 1.52 bits per heavy atom. The Hall–Kier alpha value is -9.36. The third kappa shape index (κ3) is 6.33. The molecule has 0 saturated heterocycles. The molecule has 306 valence electrons. The van der Waals surface area contributed by atoms with E-state index >= 15 is 0 Å². The molecule has 0 bridgehead atoms. The smallest absolute Gasteiger partial charge is 0.184 e. The van der Waals surface area contributed by atoms with Crippen LogP contribution in [0.2, 0.25) is 0 Å². The average molecular weight is 841 g/mol. The predicted molar refractivity (Wildman–Crippen MR) is 270 cm³/mol. The lowest BCUT2D eigenvalue weighted by Crippen LogP contribution is -2.02. The maximum Gasteiger partial charge on any atom is 0.184 e. The number of hydrogen-bond donors (Lipinski definition) is 0. The molecule has 0 fully saturated rings. The summed E-state index contributed by atoms with van der Waals surface area (Å²) in [6.45, 7) is 15.6. The summed E-state index contributed by atoms with van der Waals surface area (Å²) in [6, 6.07) is 75.6. The van der Waals surface area contributed by atoms with Gasteiger partial charge in [-0.15, -0.1) is 0 Å². The molecule has 0 aliphatic carbocycles. The molecule has 6 nitrogen and oxygen atoms in total. The number of rotatable bonds is 7. The minimum Gasteiger partial charge on any atom is -0.309 e. The summed E-state index contributed by atoms with van der Waals surface area (Å²) in [7, 11) is 0. The van der Waals surface area contributed by atoms with Crippen LogP contribution in [0.15, 0.2) is 218 Å². The zero-order valence-corrected chi connectivity index (χ0v) is 35.5. The minimum atomic E-state index is 0.450. The van der Waals surface area contributed by atoms with Gasteiger partial charge in [0.2, 0.25) is 0 Å². The van der Waals surface area contributed by atoms with Crippen molar-refractivity contribution in [3.8, 4) is 67.5 Å². The number of para-hydroxylation sites is 4. The van der Waals surface area contributed by atoms with Crippen molar-refractivity contribution in [3.05, 3.63) is 241 Å². The van der Waals surface area contributed by atoms with E-state index in [1.165, 1.54) is 10.8 Å². The Labute approximate surface area is 381 Å². The Morgan fingerprint density at radius 1 is 0.333 bits per heavy atom. The molecule has 12 rings (SSSR count). The number of benzene rings is 9. The molecule has 0 aliphatic heterocycles. The highest BCUT2D eigenvalue weighted by Gasteiger charge is 2.22. The molecule has 0 saturated carbocycles. The highest BCUT2D eigenvalue weighted by molar-refractivity contribution is 6.12. The predicted octanol–water partition coefficient (Wildman–Crippen LogP) is 16.1. The first kappa shape index (κ1) is 38.3. The van der Waals surface area contributed by atoms with Gasteiger partial charge in [-0.2, -0.15) is 0 Å². The first-order valence-corrected chi connectivity index (χ1v) is 21.8. The van der Waals surface area contributed by atoms with Crippen molar-refractivity contribution in [2.45, 2.75) is 0 Å². The van der Waals surface area contributed by atoms with E-state index in [0.717, 1.165) is 94.5 Å². The highest BCUT2D eigenvalue weighted by Crippen LogP contribution is 2.44. The van der Waals surface area contributed by atoms with Gasteiger partial charge in [-0.25, -0.2) is 19.7 Å². The molecule has 0 atom stereocenters. The van der Waals surface area contributed by atoms with Gasteiger partial charge in [0, 0.05) is 49.4 Å². The topological polar surface area (TPSA) is 44.4 Å². The molecule has 0 aliphatic rings. The summed E-state index contributed by atoms with van der Waals surface area (Å²) < 4.78 is 4.78. The second-order valence-electron chi connectivity index (χ2n) is 16.3. The number of aromatic nitrogens is 4. The second kappa shape index (κ2) is 15.8. The molecular formula is C60H36N6. The molecule has 12 aromatic rings. The van der Waals surface area contributed by atoms with Crippen molar-refractivity contribution in [3.63, 3.8) is 0 Å². The van der Waals surface area contributed by atoms with Gasteiger partial charge >= 0.3 is 0 Å². The van der Waals surface area contributed by atoms with Crippen LogP contribution >= 0.6 is 0 Å². The van der Waals surface area contributed by atoms with Gasteiger partial charge in [-0.05, 0) is 59.7 Å². The monoisotopic (exact) mass is 840 g/mol. The van der Waals surface area contributed by atoms with E-state index in [2.05, 4.69) is 183 Å². The molecular weight excluding hydrogens is 805 g/mol. The first-order valence-electron chi connectivity index (χ1n) is 21.8. The number of fused-ring (bicyclic) bond motifs is 6. The number of nitrogens with zero attached hydrogens (tertiary/aromatic N) is 6. The maximum absolute atomic E-state index is 8.00. The van der Waals surface area contributed by atoms with Crippen LogP contribution in [0, 0.1) is 13.1 Å². The van der Waals surface area contributed by atoms with E-state index in [1.54, 1.807) is 12.1 Å². The van der Waals surface area contributed by atoms with Crippen LogP contribution in [-0.2, 0) is 0 Å². The first-order chi connectivity index (χ1) is 32.6. The summed E-state index contributed by atoms with van der Waals surface area (Å²) in [5.41, 5.74) is 15.7. The minimum absolute atomic E-state index is 0.450. The van der Waals surface area contributed by atoms with Crippen LogP contribution in [0.1, 0.15) is 0 Å². The Balaban J connectivity index is 1.15. The van der Waals surface area contributed by atoms with Crippen LogP contribution in [0.3, 0.4) is 0 Å². The van der Waals surface area contributed by atoms with Gasteiger partial charge in [0.15, 0.2) is 17.2 Å². The van der Waals surface area contributed by atoms with Crippen LogP contribution < -0.4 is 0 Å². The SMILES string of the molecule is [C-]#[N+]c1ccc(-c2ccc3c(c2)c2ccccc2n3-c2cc(-c3cc(-c4ccccc4)nc(-c4ccccc4)n3)ccc2-c2ccccc2-n2c3ccccc3c3ccccc32)c([N+]#[C-])c1. The summed E-state index contributed by atoms with van der Waals surface area (Å²) in [6.07, 6.45) is 0. The Bertz CT molecular complexity index is 3850. The molecule has 0 spiro atoms. The van der Waals surface area contributed by atoms with Crippen molar-refractivity contribution in [2.24, 2.45) is 0 Å². The lowest BCUT2D eigenvalue weighted by Gasteiger charge is -2.20. The van der Waals surface area contributed by atoms with Crippen molar-refractivity contribution in [1.82, 2.24) is 19.1 Å². The van der Waals surface area contributed by atoms with Crippen LogP contribution in [0.25, 0.3) is 121 Å². The maximum atomic E-state index is 8.00. The summed E-state index contributed by atoms with van der Waals surface area (Å²) in [4.78, 5) is 17.8. The van der Waals surface area contributed by atoms with Gasteiger partial charge in [0.1, 0.15) is 0 Å². The quantitative estimate of drug-likeness (QED) is 0.150. The lowest BCUT2D eigenvalue weighted by molar-refractivity contribution is 1.15. The van der Waals surface area contributed by atoms with Gasteiger partial charge in [0.25, 0.3) is 0 Å². The normalized spacial score (nSPS) is 11.3. The van der Waals surface area contributed by atoms with E-state index in [-0.39, 0.29) is 0 Å². The third-order valence-corrected chi connectivity index (χ3v) is 12.6. The summed E-state index contributed by atoms with van der Waals surface area (Å²) in [5.74, 6) is 0.655. The van der Waals surface area contributed by atoms with Gasteiger partial charge in [-0.3, -0.25) is 0 Å². The molecule has 6 heteroatoms.